The largest absolute Gasteiger partial charge is 2.00 e. The van der Waals surface area contributed by atoms with E-state index in [1.165, 1.54) is 82.6 Å². The van der Waals surface area contributed by atoms with Gasteiger partial charge < -0.3 is 10.0 Å². The van der Waals surface area contributed by atoms with Crippen molar-refractivity contribution in [3.63, 3.8) is 0 Å². The average Bonchev–Trinajstić information content (AvgIpc) is 2.77. The topological polar surface area (TPSA) is 87.2 Å². The summed E-state index contributed by atoms with van der Waals surface area (Å²) in [6.45, 7) is 4.47. The first kappa shape index (κ1) is 34.1. The third kappa shape index (κ3) is 12.9. The molecule has 0 saturated carbocycles. The van der Waals surface area contributed by atoms with E-state index in [2.05, 4.69) is 26.0 Å². The van der Waals surface area contributed by atoms with Crippen LogP contribution < -0.4 is 0 Å². The van der Waals surface area contributed by atoms with Gasteiger partial charge in [0, 0.05) is 0 Å². The maximum absolute atomic E-state index is 11.7. The van der Waals surface area contributed by atoms with Crippen LogP contribution >= 0.6 is 0 Å². The zero-order chi connectivity index (χ0) is 23.2. The predicted molar refractivity (Wildman–Crippen MR) is 143 cm³/mol. The van der Waals surface area contributed by atoms with Gasteiger partial charge >= 0.3 is 48.9 Å². The van der Waals surface area contributed by atoms with Crippen LogP contribution in [-0.2, 0) is 23.0 Å². The molecular weight excluding hydrogens is 570 g/mol. The Hall–Kier alpha value is 0.141. The monoisotopic (exact) mass is 614 g/mol. The number of fused-ring (bicyclic) bond motifs is 1. The van der Waals surface area contributed by atoms with Crippen molar-refractivity contribution in [1.29, 1.82) is 0 Å². The fraction of sp³-hybridized carbons (Fsp3) is 0.643. The van der Waals surface area contributed by atoms with Gasteiger partial charge in [0.25, 0.3) is 0 Å². The van der Waals surface area contributed by atoms with Crippen LogP contribution in [0.25, 0.3) is 10.8 Å². The molecule has 188 valence electrons. The predicted octanol–water partition coefficient (Wildman–Crippen LogP) is 7.77. The summed E-state index contributed by atoms with van der Waals surface area (Å²) in [6.07, 6.45) is 19.5. The van der Waals surface area contributed by atoms with E-state index in [1.54, 1.807) is 12.1 Å². The van der Waals surface area contributed by atoms with Crippen LogP contribution in [0.15, 0.2) is 35.2 Å². The first-order valence-corrected chi connectivity index (χ1v) is 14.4. The van der Waals surface area contributed by atoms with Crippen LogP contribution in [0.4, 0.5) is 0 Å². The Morgan fingerprint density at radius 1 is 0.676 bits per heavy atom. The van der Waals surface area contributed by atoms with Crippen molar-refractivity contribution < 1.29 is 18.4 Å². The van der Waals surface area contributed by atoms with Gasteiger partial charge in [-0.3, -0.25) is 0 Å². The van der Waals surface area contributed by atoms with Crippen molar-refractivity contribution >= 4 is 69.8 Å². The van der Waals surface area contributed by atoms with Gasteiger partial charge in [-0.1, -0.05) is 109 Å². The standard InChI is InChI=1S/C28H44O3S.Ba.H2O/c1-3-5-7-9-11-13-15-17-24-19-20-26-23-27(32(29,30)31)22-25(28(26)21-24)18-16-14-12-10-8-6-4-2;;/h19-23H,3-18H2,1-2H3,(H,29,30,31);;1H2/q;+2;/p-2. The normalized spacial score (nSPS) is 11.3. The van der Waals surface area contributed by atoms with Crippen molar-refractivity contribution in [3.8, 4) is 0 Å². The minimum Gasteiger partial charge on any atom is -0.870 e. The molecule has 2 aromatic carbocycles. The summed E-state index contributed by atoms with van der Waals surface area (Å²) in [5.74, 6) is 0. The zero-order valence-electron chi connectivity index (χ0n) is 21.5. The van der Waals surface area contributed by atoms with E-state index < -0.39 is 10.1 Å². The van der Waals surface area contributed by atoms with E-state index >= 15 is 0 Å². The molecule has 0 bridgehead atoms. The second-order valence-electron chi connectivity index (χ2n) is 9.33. The van der Waals surface area contributed by atoms with Crippen molar-refractivity contribution in [2.24, 2.45) is 0 Å². The van der Waals surface area contributed by atoms with Gasteiger partial charge in [-0.15, -0.1) is 0 Å². The molecule has 0 aliphatic carbocycles. The molecule has 0 fully saturated rings. The van der Waals surface area contributed by atoms with Crippen molar-refractivity contribution in [2.75, 3.05) is 0 Å². The molecule has 1 N–H and O–H groups in total. The third-order valence-electron chi connectivity index (χ3n) is 6.49. The molecule has 0 aliphatic rings. The molecule has 0 heterocycles. The molecule has 0 spiro atoms. The minimum atomic E-state index is -4.45. The van der Waals surface area contributed by atoms with Crippen LogP contribution in [0.5, 0.6) is 0 Å². The molecule has 0 aliphatic heterocycles. The first-order chi connectivity index (χ1) is 15.5. The molecule has 0 atom stereocenters. The molecule has 34 heavy (non-hydrogen) atoms. The second kappa shape index (κ2) is 19.3. The third-order valence-corrected chi connectivity index (χ3v) is 7.30. The maximum atomic E-state index is 11.7. The van der Waals surface area contributed by atoms with Gasteiger partial charge in [-0.25, -0.2) is 8.42 Å². The Bertz CT molecular complexity index is 912. The molecule has 2 aromatic rings. The van der Waals surface area contributed by atoms with Gasteiger partial charge in [0.15, 0.2) is 0 Å². The average molecular weight is 614 g/mol. The van der Waals surface area contributed by atoms with Crippen molar-refractivity contribution in [2.45, 2.75) is 121 Å². The van der Waals surface area contributed by atoms with Crippen LogP contribution in [0.3, 0.4) is 0 Å². The van der Waals surface area contributed by atoms with Crippen LogP contribution in [0.2, 0.25) is 0 Å². The van der Waals surface area contributed by atoms with E-state index in [1.807, 2.05) is 6.07 Å². The Morgan fingerprint density at radius 3 is 1.71 bits per heavy atom. The summed E-state index contributed by atoms with van der Waals surface area (Å²) < 4.78 is 35.1. The van der Waals surface area contributed by atoms with E-state index in [0.29, 0.717) is 0 Å². The summed E-state index contributed by atoms with van der Waals surface area (Å²) in [7, 11) is -4.45. The number of unbranched alkanes of at least 4 members (excludes halogenated alkanes) is 12. The van der Waals surface area contributed by atoms with Gasteiger partial charge in [0.1, 0.15) is 10.1 Å². The number of benzene rings is 2. The van der Waals surface area contributed by atoms with Gasteiger partial charge in [0.2, 0.25) is 0 Å². The van der Waals surface area contributed by atoms with Gasteiger partial charge in [0.05, 0.1) is 4.90 Å². The van der Waals surface area contributed by atoms with Crippen molar-refractivity contribution in [1.82, 2.24) is 0 Å². The van der Waals surface area contributed by atoms with E-state index in [0.717, 1.165) is 42.0 Å². The number of aryl methyl sites for hydroxylation is 2. The smallest absolute Gasteiger partial charge is 0.870 e. The molecule has 0 unspecified atom stereocenters. The van der Waals surface area contributed by atoms with Crippen molar-refractivity contribution in [3.05, 3.63) is 41.5 Å². The van der Waals surface area contributed by atoms with Crippen LogP contribution in [-0.4, -0.2) is 67.3 Å². The summed E-state index contributed by atoms with van der Waals surface area (Å²) in [5.41, 5.74) is 2.32. The van der Waals surface area contributed by atoms with Gasteiger partial charge in [-0.2, -0.15) is 0 Å². The number of hydrogen-bond acceptors (Lipinski definition) is 4. The fourth-order valence-corrected chi connectivity index (χ4v) is 5.08. The Balaban J connectivity index is 0.00000544. The summed E-state index contributed by atoms with van der Waals surface area (Å²) in [4.78, 5) is -0.0947. The summed E-state index contributed by atoms with van der Waals surface area (Å²) in [6, 6.07) is 9.49. The molecule has 0 aromatic heterocycles. The second-order valence-corrected chi connectivity index (χ2v) is 10.7. The van der Waals surface area contributed by atoms with Crippen LogP contribution in [0, 0.1) is 0 Å². The Morgan fingerprint density at radius 2 is 1.18 bits per heavy atom. The van der Waals surface area contributed by atoms with E-state index in [9.17, 15) is 13.0 Å². The minimum absolute atomic E-state index is 0. The molecule has 0 saturated heterocycles. The van der Waals surface area contributed by atoms with Gasteiger partial charge in [-0.05, 0) is 59.7 Å². The Labute approximate surface area is 248 Å². The molecule has 0 amide bonds. The Kier molecular flexibility index (Phi) is 19.4. The van der Waals surface area contributed by atoms with Crippen LogP contribution in [0.1, 0.15) is 115 Å². The SMILES string of the molecule is CCCCCCCCCc1ccc2cc(S(=O)(=O)[O-])cc(CCCCCCCCC)c2c1.[Ba+2].[OH-]. The molecule has 6 heteroatoms. The molecule has 0 radical (unpaired) electrons. The first-order valence-electron chi connectivity index (χ1n) is 13.0. The quantitative estimate of drug-likeness (QED) is 0.104. The molecule has 4 nitrogen and oxygen atoms in total. The fourth-order valence-electron chi connectivity index (χ4n) is 4.52. The number of rotatable bonds is 17. The maximum Gasteiger partial charge on any atom is 2.00 e. The molecule has 2 rings (SSSR count). The summed E-state index contributed by atoms with van der Waals surface area (Å²) in [5, 5.41) is 1.98. The molecular formula is C28H44BaO4S. The number of hydrogen-bond donors (Lipinski definition) is 0. The van der Waals surface area contributed by atoms with E-state index in [4.69, 9.17) is 0 Å². The summed E-state index contributed by atoms with van der Waals surface area (Å²) >= 11 is 0. The zero-order valence-corrected chi connectivity index (χ0v) is 26.7. The van der Waals surface area contributed by atoms with E-state index in [-0.39, 0.29) is 59.3 Å².